The van der Waals surface area contributed by atoms with E-state index in [1.54, 1.807) is 24.1 Å². The molecule has 1 aromatic carbocycles. The lowest BCUT2D eigenvalue weighted by atomic mass is 10.2. The van der Waals surface area contributed by atoms with E-state index in [4.69, 9.17) is 11.6 Å². The average molecular weight is 411 g/mol. The lowest BCUT2D eigenvalue weighted by Gasteiger charge is -2.00. The first-order valence-corrected chi connectivity index (χ1v) is 8.76. The number of halogens is 1. The zero-order chi connectivity index (χ0) is 20.2. The molecule has 0 saturated heterocycles. The van der Waals surface area contributed by atoms with Gasteiger partial charge in [-0.3, -0.25) is 4.68 Å². The molecule has 0 bridgehead atoms. The maximum absolute atomic E-state index is 5.88. The summed E-state index contributed by atoms with van der Waals surface area (Å²) in [6.45, 7) is 2.05. The van der Waals surface area contributed by atoms with E-state index < -0.39 is 0 Å². The standard InChI is InChI=1S/C11H10N6.C5H5ClN6/c1-8-2-4-10(5-3-8)17-7-9(6-12-17)11-13-15-16-14-11;1-12-4(6)3(2-7-12)5-8-10-11-9-5/h2-7H,1H3,(H,13,14,15,16);2H,1H3,(H,8,9,10,11). The first-order valence-electron chi connectivity index (χ1n) is 8.38. The predicted octanol–water partition coefficient (Wildman–Crippen LogP) is 1.61. The second-order valence-corrected chi connectivity index (χ2v) is 6.31. The third kappa shape index (κ3) is 4.01. The van der Waals surface area contributed by atoms with Gasteiger partial charge in [-0.05, 0) is 29.5 Å². The molecule has 5 rings (SSSR count). The quantitative estimate of drug-likeness (QED) is 0.456. The van der Waals surface area contributed by atoms with E-state index >= 15 is 0 Å². The van der Waals surface area contributed by atoms with E-state index in [9.17, 15) is 0 Å². The topological polar surface area (TPSA) is 145 Å². The number of hydrogen-bond donors (Lipinski definition) is 2. The monoisotopic (exact) mass is 410 g/mol. The average Bonchev–Trinajstić information content (AvgIpc) is 3.52. The summed E-state index contributed by atoms with van der Waals surface area (Å²) >= 11 is 5.88. The molecule has 4 aromatic heterocycles. The van der Waals surface area contributed by atoms with Gasteiger partial charge in [-0.2, -0.15) is 20.6 Å². The molecule has 146 valence electrons. The summed E-state index contributed by atoms with van der Waals surface area (Å²) in [5.74, 6) is 0.997. The minimum Gasteiger partial charge on any atom is -0.256 e. The summed E-state index contributed by atoms with van der Waals surface area (Å²) in [5, 5.41) is 35.8. The Morgan fingerprint density at radius 2 is 1.59 bits per heavy atom. The van der Waals surface area contributed by atoms with Crippen LogP contribution in [0.4, 0.5) is 0 Å². The highest BCUT2D eigenvalue weighted by molar-refractivity contribution is 6.32. The summed E-state index contributed by atoms with van der Waals surface area (Å²) in [7, 11) is 1.74. The van der Waals surface area contributed by atoms with Gasteiger partial charge in [0.05, 0.1) is 29.2 Å². The number of aromatic nitrogens is 12. The highest BCUT2D eigenvalue weighted by Gasteiger charge is 2.11. The largest absolute Gasteiger partial charge is 0.256 e. The van der Waals surface area contributed by atoms with E-state index in [1.165, 1.54) is 10.2 Å². The van der Waals surface area contributed by atoms with Crippen molar-refractivity contribution < 1.29 is 0 Å². The maximum atomic E-state index is 5.88. The lowest BCUT2D eigenvalue weighted by Crippen LogP contribution is -1.93. The van der Waals surface area contributed by atoms with Crippen LogP contribution in [0, 0.1) is 6.92 Å². The summed E-state index contributed by atoms with van der Waals surface area (Å²) in [4.78, 5) is 0. The van der Waals surface area contributed by atoms with Gasteiger partial charge in [0.2, 0.25) is 11.6 Å². The van der Waals surface area contributed by atoms with Gasteiger partial charge in [-0.15, -0.1) is 20.4 Å². The third-order valence-corrected chi connectivity index (χ3v) is 4.39. The van der Waals surface area contributed by atoms with Gasteiger partial charge in [0.1, 0.15) is 5.15 Å². The van der Waals surface area contributed by atoms with Crippen LogP contribution >= 0.6 is 11.6 Å². The first-order chi connectivity index (χ1) is 14.1. The number of benzene rings is 1. The summed E-state index contributed by atoms with van der Waals surface area (Å²) in [5.41, 5.74) is 3.73. The molecule has 0 aliphatic heterocycles. The number of nitrogens with zero attached hydrogens (tertiary/aromatic N) is 10. The van der Waals surface area contributed by atoms with E-state index in [2.05, 4.69) is 58.4 Å². The number of H-pyrrole nitrogens is 2. The van der Waals surface area contributed by atoms with E-state index in [0.29, 0.717) is 22.4 Å². The number of tetrazole rings is 2. The number of hydrogen-bond acceptors (Lipinski definition) is 8. The molecule has 0 aliphatic carbocycles. The van der Waals surface area contributed by atoms with Crippen LogP contribution in [-0.2, 0) is 7.05 Å². The predicted molar refractivity (Wildman–Crippen MR) is 103 cm³/mol. The van der Waals surface area contributed by atoms with Crippen LogP contribution in [0.25, 0.3) is 28.5 Å². The van der Waals surface area contributed by atoms with Crippen molar-refractivity contribution >= 4 is 11.6 Å². The fraction of sp³-hybridized carbons (Fsp3) is 0.125. The Labute approximate surface area is 168 Å². The normalized spacial score (nSPS) is 10.6. The van der Waals surface area contributed by atoms with Crippen LogP contribution in [0.2, 0.25) is 5.15 Å². The Bertz CT molecular complexity index is 1170. The van der Waals surface area contributed by atoms with Crippen LogP contribution in [0.5, 0.6) is 0 Å². The Balaban J connectivity index is 0.000000150. The zero-order valence-corrected chi connectivity index (χ0v) is 16.1. The third-order valence-electron chi connectivity index (χ3n) is 3.94. The van der Waals surface area contributed by atoms with Gasteiger partial charge in [0.25, 0.3) is 0 Å². The molecule has 0 saturated carbocycles. The molecule has 0 fully saturated rings. The Hall–Kier alpha value is -3.93. The van der Waals surface area contributed by atoms with Crippen molar-refractivity contribution in [1.82, 2.24) is 60.8 Å². The number of rotatable bonds is 3. The fourth-order valence-electron chi connectivity index (χ4n) is 2.41. The van der Waals surface area contributed by atoms with Gasteiger partial charge in [-0.1, -0.05) is 29.3 Å². The second-order valence-electron chi connectivity index (χ2n) is 5.95. The van der Waals surface area contributed by atoms with Crippen molar-refractivity contribution in [3.8, 4) is 28.5 Å². The number of aromatic amines is 2. The van der Waals surface area contributed by atoms with E-state index in [1.807, 2.05) is 30.5 Å². The molecule has 0 unspecified atom stereocenters. The zero-order valence-electron chi connectivity index (χ0n) is 15.4. The molecule has 12 nitrogen and oxygen atoms in total. The van der Waals surface area contributed by atoms with Crippen molar-refractivity contribution in [1.29, 1.82) is 0 Å². The fourth-order valence-corrected chi connectivity index (χ4v) is 2.59. The smallest absolute Gasteiger partial charge is 0.209 e. The van der Waals surface area contributed by atoms with Gasteiger partial charge in [0, 0.05) is 13.2 Å². The second kappa shape index (κ2) is 7.98. The van der Waals surface area contributed by atoms with Crippen LogP contribution in [0.3, 0.4) is 0 Å². The van der Waals surface area contributed by atoms with Crippen molar-refractivity contribution in [3.05, 3.63) is 53.6 Å². The molecule has 0 aliphatic rings. The van der Waals surface area contributed by atoms with Crippen LogP contribution < -0.4 is 0 Å². The Morgan fingerprint density at radius 3 is 2.17 bits per heavy atom. The van der Waals surface area contributed by atoms with Crippen molar-refractivity contribution in [2.75, 3.05) is 0 Å². The number of aryl methyl sites for hydroxylation is 2. The minimum atomic E-state index is 0.452. The molecule has 0 atom stereocenters. The molecule has 0 radical (unpaired) electrons. The number of nitrogens with one attached hydrogen (secondary N) is 2. The van der Waals surface area contributed by atoms with E-state index in [-0.39, 0.29) is 0 Å². The summed E-state index contributed by atoms with van der Waals surface area (Å²) in [6, 6.07) is 8.13. The minimum absolute atomic E-state index is 0.452. The first kappa shape index (κ1) is 18.4. The molecule has 5 aromatic rings. The van der Waals surface area contributed by atoms with Crippen LogP contribution in [-0.4, -0.2) is 60.8 Å². The van der Waals surface area contributed by atoms with E-state index in [0.717, 1.165) is 11.3 Å². The molecule has 29 heavy (non-hydrogen) atoms. The summed E-state index contributed by atoms with van der Waals surface area (Å²) < 4.78 is 3.32. The van der Waals surface area contributed by atoms with Crippen molar-refractivity contribution in [2.45, 2.75) is 6.92 Å². The van der Waals surface area contributed by atoms with Crippen LogP contribution in [0.1, 0.15) is 5.56 Å². The van der Waals surface area contributed by atoms with Gasteiger partial charge >= 0.3 is 0 Å². The Morgan fingerprint density at radius 1 is 0.897 bits per heavy atom. The maximum Gasteiger partial charge on any atom is 0.209 e. The van der Waals surface area contributed by atoms with Crippen molar-refractivity contribution in [3.63, 3.8) is 0 Å². The molecule has 13 heteroatoms. The molecule has 4 heterocycles. The summed E-state index contributed by atoms with van der Waals surface area (Å²) in [6.07, 6.45) is 5.17. The Kier molecular flexibility index (Phi) is 5.07. The molecule has 2 N–H and O–H groups in total. The molecular formula is C16H15ClN12. The van der Waals surface area contributed by atoms with Gasteiger partial charge in [0.15, 0.2) is 0 Å². The van der Waals surface area contributed by atoms with Gasteiger partial charge < -0.3 is 0 Å². The van der Waals surface area contributed by atoms with Crippen molar-refractivity contribution in [2.24, 2.45) is 7.05 Å². The highest BCUT2D eigenvalue weighted by atomic mass is 35.5. The highest BCUT2D eigenvalue weighted by Crippen LogP contribution is 2.22. The molecule has 0 spiro atoms. The molecule has 0 amide bonds. The van der Waals surface area contributed by atoms with Crippen LogP contribution in [0.15, 0.2) is 42.9 Å². The molecular weight excluding hydrogens is 396 g/mol. The SMILES string of the molecule is Cc1ccc(-n2cc(-c3nn[nH]n3)cn2)cc1.Cn1ncc(-c2nn[nH]n2)c1Cl. The van der Waals surface area contributed by atoms with Gasteiger partial charge in [-0.25, -0.2) is 4.68 Å². The lowest BCUT2D eigenvalue weighted by molar-refractivity contribution is 0.769.